The Morgan fingerprint density at radius 3 is 2.23 bits per heavy atom. The third-order valence-corrected chi connectivity index (χ3v) is 3.84. The van der Waals surface area contributed by atoms with Crippen LogP contribution in [0.25, 0.3) is 0 Å². The molecule has 1 aliphatic carbocycles. The molecule has 0 aliphatic heterocycles. The van der Waals surface area contributed by atoms with Crippen molar-refractivity contribution >= 4 is 0 Å². The van der Waals surface area contributed by atoms with Crippen molar-refractivity contribution in [2.45, 2.75) is 47.0 Å². The van der Waals surface area contributed by atoms with Crippen LogP contribution in [0.2, 0.25) is 0 Å². The second-order valence-electron chi connectivity index (χ2n) is 4.85. The van der Waals surface area contributed by atoms with E-state index < -0.39 is 0 Å². The lowest BCUT2D eigenvalue weighted by Crippen LogP contribution is -2.16. The van der Waals surface area contributed by atoms with Crippen LogP contribution in [0.5, 0.6) is 0 Å². The molecule has 0 saturated carbocycles. The molecule has 0 spiro atoms. The maximum absolute atomic E-state index is 2.46. The van der Waals surface area contributed by atoms with Gasteiger partial charge in [0.1, 0.15) is 0 Å². The first-order valence-electron chi connectivity index (χ1n) is 5.83. The highest BCUT2D eigenvalue weighted by atomic mass is 14.2. The first-order chi connectivity index (χ1) is 6.15. The molecule has 0 heterocycles. The lowest BCUT2D eigenvalue weighted by Gasteiger charge is -2.26. The van der Waals surface area contributed by atoms with E-state index in [2.05, 4.69) is 39.8 Å². The topological polar surface area (TPSA) is 0 Å². The van der Waals surface area contributed by atoms with E-state index in [0.717, 1.165) is 23.7 Å². The van der Waals surface area contributed by atoms with Crippen LogP contribution >= 0.6 is 0 Å². The van der Waals surface area contributed by atoms with Crippen molar-refractivity contribution in [1.82, 2.24) is 0 Å². The summed E-state index contributed by atoms with van der Waals surface area (Å²) in [6, 6.07) is 0. The largest absolute Gasteiger partial charge is 0.0851 e. The molecular weight excluding hydrogens is 156 g/mol. The summed E-state index contributed by atoms with van der Waals surface area (Å²) in [5.41, 5.74) is 0. The van der Waals surface area contributed by atoms with Gasteiger partial charge < -0.3 is 0 Å². The summed E-state index contributed by atoms with van der Waals surface area (Å²) in [5, 5.41) is 0. The highest BCUT2D eigenvalue weighted by molar-refractivity contribution is 4.96. The van der Waals surface area contributed by atoms with Crippen LogP contribution in [0, 0.1) is 23.7 Å². The zero-order chi connectivity index (χ0) is 9.84. The van der Waals surface area contributed by atoms with Crippen LogP contribution in [0.3, 0.4) is 0 Å². The molecule has 0 saturated heterocycles. The molecule has 0 nitrogen and oxygen atoms in total. The van der Waals surface area contributed by atoms with Crippen LogP contribution < -0.4 is 0 Å². The molecule has 0 amide bonds. The third kappa shape index (κ3) is 2.86. The summed E-state index contributed by atoms with van der Waals surface area (Å²) < 4.78 is 0. The van der Waals surface area contributed by atoms with Gasteiger partial charge in [-0.1, -0.05) is 39.8 Å². The van der Waals surface area contributed by atoms with E-state index in [1.165, 1.54) is 19.3 Å². The first kappa shape index (κ1) is 10.8. The van der Waals surface area contributed by atoms with Gasteiger partial charge in [-0.2, -0.15) is 0 Å². The van der Waals surface area contributed by atoms with Crippen molar-refractivity contribution in [3.05, 3.63) is 12.2 Å². The van der Waals surface area contributed by atoms with E-state index in [9.17, 15) is 0 Å². The zero-order valence-electron chi connectivity index (χ0n) is 9.59. The summed E-state index contributed by atoms with van der Waals surface area (Å²) in [7, 11) is 0. The van der Waals surface area contributed by atoms with Gasteiger partial charge in [-0.3, -0.25) is 0 Å². The Hall–Kier alpha value is -0.260. The summed E-state index contributed by atoms with van der Waals surface area (Å²) >= 11 is 0. The van der Waals surface area contributed by atoms with Gasteiger partial charge in [-0.25, -0.2) is 0 Å². The molecule has 0 aromatic rings. The van der Waals surface area contributed by atoms with Gasteiger partial charge in [0.25, 0.3) is 0 Å². The number of allylic oxidation sites excluding steroid dienone is 2. The van der Waals surface area contributed by atoms with E-state index in [-0.39, 0.29) is 0 Å². The lowest BCUT2D eigenvalue weighted by molar-refractivity contribution is 0.310. The minimum Gasteiger partial charge on any atom is -0.0851 e. The van der Waals surface area contributed by atoms with E-state index in [1.54, 1.807) is 0 Å². The Kier molecular flexibility index (Phi) is 4.02. The zero-order valence-corrected chi connectivity index (χ0v) is 9.59. The Morgan fingerprint density at radius 2 is 1.62 bits per heavy atom. The fourth-order valence-electron chi connectivity index (χ4n) is 2.24. The summed E-state index contributed by atoms with van der Waals surface area (Å²) in [6.45, 7) is 9.44. The normalized spacial score (nSPS) is 41.2. The van der Waals surface area contributed by atoms with E-state index in [0.29, 0.717) is 0 Å². The Balaban J connectivity index is 2.65. The standard InChI is InChI=1S/C13H24/c1-5-13-9-8-11(3)10(2)6-7-12(13)4/h8-13H,5-7H2,1-4H3. The van der Waals surface area contributed by atoms with Gasteiger partial charge in [-0.05, 0) is 42.9 Å². The molecule has 1 rings (SSSR count). The molecule has 13 heavy (non-hydrogen) atoms. The van der Waals surface area contributed by atoms with Gasteiger partial charge in [0.2, 0.25) is 0 Å². The van der Waals surface area contributed by atoms with Crippen molar-refractivity contribution in [2.75, 3.05) is 0 Å². The second-order valence-corrected chi connectivity index (χ2v) is 4.85. The number of rotatable bonds is 1. The Bertz CT molecular complexity index is 169. The van der Waals surface area contributed by atoms with Crippen molar-refractivity contribution < 1.29 is 0 Å². The van der Waals surface area contributed by atoms with Crippen molar-refractivity contribution in [2.24, 2.45) is 23.7 Å². The number of hydrogen-bond donors (Lipinski definition) is 0. The van der Waals surface area contributed by atoms with Crippen molar-refractivity contribution in [3.8, 4) is 0 Å². The molecule has 0 bridgehead atoms. The molecule has 4 atom stereocenters. The minimum atomic E-state index is 0.779. The molecule has 0 heteroatoms. The van der Waals surface area contributed by atoms with E-state index in [4.69, 9.17) is 0 Å². The maximum atomic E-state index is 2.46. The highest BCUT2D eigenvalue weighted by Gasteiger charge is 2.19. The van der Waals surface area contributed by atoms with Gasteiger partial charge in [0.05, 0.1) is 0 Å². The fourth-order valence-corrected chi connectivity index (χ4v) is 2.24. The van der Waals surface area contributed by atoms with Crippen LogP contribution in [0.15, 0.2) is 12.2 Å². The molecule has 0 aromatic carbocycles. The van der Waals surface area contributed by atoms with Crippen LogP contribution in [-0.4, -0.2) is 0 Å². The molecule has 0 N–H and O–H groups in total. The average Bonchev–Trinajstić information content (AvgIpc) is 2.13. The average molecular weight is 180 g/mol. The van der Waals surface area contributed by atoms with Crippen molar-refractivity contribution in [1.29, 1.82) is 0 Å². The monoisotopic (exact) mass is 180 g/mol. The molecule has 0 radical (unpaired) electrons. The number of hydrogen-bond acceptors (Lipinski definition) is 0. The highest BCUT2D eigenvalue weighted by Crippen LogP contribution is 2.30. The summed E-state index contributed by atoms with van der Waals surface area (Å²) in [6.07, 6.45) is 9.02. The summed E-state index contributed by atoms with van der Waals surface area (Å²) in [4.78, 5) is 0. The van der Waals surface area contributed by atoms with E-state index >= 15 is 0 Å². The third-order valence-electron chi connectivity index (χ3n) is 3.84. The SMILES string of the molecule is CCC1C=CC(C)C(C)CCC1C. The first-order valence-corrected chi connectivity index (χ1v) is 5.83. The van der Waals surface area contributed by atoms with Crippen LogP contribution in [0.4, 0.5) is 0 Å². The van der Waals surface area contributed by atoms with Crippen LogP contribution in [-0.2, 0) is 0 Å². The molecular formula is C13H24. The van der Waals surface area contributed by atoms with Gasteiger partial charge >= 0.3 is 0 Å². The molecule has 0 fully saturated rings. The molecule has 0 aromatic heterocycles. The van der Waals surface area contributed by atoms with Gasteiger partial charge in [-0.15, -0.1) is 0 Å². The quantitative estimate of drug-likeness (QED) is 0.529. The van der Waals surface area contributed by atoms with Gasteiger partial charge in [0.15, 0.2) is 0 Å². The predicted octanol–water partition coefficient (Wildman–Crippen LogP) is 4.27. The smallest absolute Gasteiger partial charge is 0.0210 e. The predicted molar refractivity (Wildman–Crippen MR) is 59.6 cm³/mol. The van der Waals surface area contributed by atoms with E-state index in [1.807, 2.05) is 0 Å². The summed E-state index contributed by atoms with van der Waals surface area (Å²) in [5.74, 6) is 3.37. The molecule has 1 aliphatic rings. The molecule has 4 unspecified atom stereocenters. The lowest BCUT2D eigenvalue weighted by atomic mass is 9.79. The maximum Gasteiger partial charge on any atom is -0.0210 e. The Labute approximate surface area is 83.4 Å². The van der Waals surface area contributed by atoms with Crippen LogP contribution in [0.1, 0.15) is 47.0 Å². The van der Waals surface area contributed by atoms with Crippen molar-refractivity contribution in [3.63, 3.8) is 0 Å². The Morgan fingerprint density at radius 1 is 1.00 bits per heavy atom. The minimum absolute atomic E-state index is 0.779. The van der Waals surface area contributed by atoms with Gasteiger partial charge in [0, 0.05) is 0 Å². The molecule has 76 valence electrons. The fraction of sp³-hybridized carbons (Fsp3) is 0.846. The second kappa shape index (κ2) is 4.83.